The molecule has 5 nitrogen and oxygen atoms in total. The monoisotopic (exact) mass is 252 g/mol. The third-order valence-electron chi connectivity index (χ3n) is 3.82. The van der Waals surface area contributed by atoms with Gasteiger partial charge in [-0.15, -0.1) is 10.2 Å². The highest BCUT2D eigenvalue weighted by atomic mass is 16.3. The number of rotatable bonds is 5. The van der Waals surface area contributed by atoms with Crippen LogP contribution in [0.15, 0.2) is 6.33 Å². The van der Waals surface area contributed by atoms with Gasteiger partial charge in [-0.2, -0.15) is 0 Å². The Morgan fingerprint density at radius 1 is 1.33 bits per heavy atom. The summed E-state index contributed by atoms with van der Waals surface area (Å²) < 4.78 is 1.93. The highest BCUT2D eigenvalue weighted by molar-refractivity contribution is 4.87. The van der Waals surface area contributed by atoms with Crippen LogP contribution < -0.4 is 5.32 Å². The SMILES string of the molecule is Cn1cnnc1CCNCC1(O)CCCCCC1. The molecule has 0 radical (unpaired) electrons. The Hall–Kier alpha value is -0.940. The van der Waals surface area contributed by atoms with Gasteiger partial charge >= 0.3 is 0 Å². The fourth-order valence-electron chi connectivity index (χ4n) is 2.62. The summed E-state index contributed by atoms with van der Waals surface area (Å²) >= 11 is 0. The van der Waals surface area contributed by atoms with Crippen LogP contribution in [0.1, 0.15) is 44.3 Å². The van der Waals surface area contributed by atoms with Crippen molar-refractivity contribution in [2.75, 3.05) is 13.1 Å². The second kappa shape index (κ2) is 6.29. The lowest BCUT2D eigenvalue weighted by Crippen LogP contribution is -2.40. The standard InChI is InChI=1S/C13H24N4O/c1-17-11-15-16-12(17)6-9-14-10-13(18)7-4-2-3-5-8-13/h11,14,18H,2-10H2,1H3. The number of nitrogens with one attached hydrogen (secondary N) is 1. The number of hydrogen-bond acceptors (Lipinski definition) is 4. The second-order valence-electron chi connectivity index (χ2n) is 5.42. The molecule has 0 amide bonds. The van der Waals surface area contributed by atoms with Crippen LogP contribution in [0, 0.1) is 0 Å². The summed E-state index contributed by atoms with van der Waals surface area (Å²) in [6, 6.07) is 0. The maximum absolute atomic E-state index is 10.5. The third kappa shape index (κ3) is 3.78. The van der Waals surface area contributed by atoms with E-state index in [2.05, 4.69) is 15.5 Å². The Morgan fingerprint density at radius 3 is 2.67 bits per heavy atom. The molecule has 0 aliphatic heterocycles. The molecule has 0 bridgehead atoms. The van der Waals surface area contributed by atoms with Gasteiger partial charge in [0.2, 0.25) is 0 Å². The summed E-state index contributed by atoms with van der Waals surface area (Å²) in [5, 5.41) is 21.7. The van der Waals surface area contributed by atoms with Crippen LogP contribution in [0.5, 0.6) is 0 Å². The second-order valence-corrected chi connectivity index (χ2v) is 5.42. The van der Waals surface area contributed by atoms with Gasteiger partial charge in [0, 0.05) is 26.6 Å². The van der Waals surface area contributed by atoms with E-state index in [-0.39, 0.29) is 0 Å². The lowest BCUT2D eigenvalue weighted by molar-refractivity contribution is 0.0255. The quantitative estimate of drug-likeness (QED) is 0.607. The van der Waals surface area contributed by atoms with E-state index in [1.165, 1.54) is 12.8 Å². The molecule has 2 N–H and O–H groups in total. The molecule has 0 aromatic carbocycles. The molecule has 2 rings (SSSR count). The van der Waals surface area contributed by atoms with Crippen molar-refractivity contribution in [3.63, 3.8) is 0 Å². The molecule has 0 saturated heterocycles. The molecule has 1 aliphatic rings. The van der Waals surface area contributed by atoms with E-state index in [4.69, 9.17) is 0 Å². The molecular formula is C13H24N4O. The summed E-state index contributed by atoms with van der Waals surface area (Å²) in [6.07, 6.45) is 9.28. The van der Waals surface area contributed by atoms with Crippen LogP contribution >= 0.6 is 0 Å². The van der Waals surface area contributed by atoms with Crippen LogP contribution in [-0.2, 0) is 13.5 Å². The van der Waals surface area contributed by atoms with E-state index in [1.54, 1.807) is 6.33 Å². The van der Waals surface area contributed by atoms with Crippen molar-refractivity contribution in [1.82, 2.24) is 20.1 Å². The largest absolute Gasteiger partial charge is 0.389 e. The average Bonchev–Trinajstić information content (AvgIpc) is 2.62. The fraction of sp³-hybridized carbons (Fsp3) is 0.846. The summed E-state index contributed by atoms with van der Waals surface area (Å²) in [6.45, 7) is 1.54. The maximum atomic E-state index is 10.5. The molecule has 1 aromatic rings. The average molecular weight is 252 g/mol. The molecule has 1 heterocycles. The van der Waals surface area contributed by atoms with Gasteiger partial charge in [0.05, 0.1) is 5.60 Å². The van der Waals surface area contributed by atoms with E-state index in [9.17, 15) is 5.11 Å². The molecular weight excluding hydrogens is 228 g/mol. The predicted molar refractivity (Wildman–Crippen MR) is 70.2 cm³/mol. The van der Waals surface area contributed by atoms with Gasteiger partial charge in [0.1, 0.15) is 12.2 Å². The van der Waals surface area contributed by atoms with E-state index < -0.39 is 5.60 Å². The van der Waals surface area contributed by atoms with E-state index in [1.807, 2.05) is 11.6 Å². The summed E-state index contributed by atoms with van der Waals surface area (Å²) in [4.78, 5) is 0. The summed E-state index contributed by atoms with van der Waals surface area (Å²) in [5.74, 6) is 0.982. The van der Waals surface area contributed by atoms with Gasteiger partial charge in [0.15, 0.2) is 0 Å². The van der Waals surface area contributed by atoms with Crippen LogP contribution in [0.25, 0.3) is 0 Å². The van der Waals surface area contributed by atoms with Gasteiger partial charge in [-0.1, -0.05) is 25.7 Å². The summed E-state index contributed by atoms with van der Waals surface area (Å²) in [7, 11) is 1.95. The first-order valence-corrected chi connectivity index (χ1v) is 6.96. The number of aliphatic hydroxyl groups is 1. The predicted octanol–water partition coefficient (Wildman–Crippen LogP) is 1.03. The zero-order valence-corrected chi connectivity index (χ0v) is 11.2. The molecule has 1 aliphatic carbocycles. The molecule has 18 heavy (non-hydrogen) atoms. The van der Waals surface area contributed by atoms with Gasteiger partial charge in [0.25, 0.3) is 0 Å². The number of nitrogens with zero attached hydrogens (tertiary/aromatic N) is 3. The molecule has 1 fully saturated rings. The maximum Gasteiger partial charge on any atom is 0.133 e. The van der Waals surface area contributed by atoms with E-state index in [0.29, 0.717) is 6.54 Å². The van der Waals surface area contributed by atoms with Crippen LogP contribution in [0.3, 0.4) is 0 Å². The minimum absolute atomic E-state index is 0.490. The zero-order chi connectivity index (χ0) is 12.8. The number of aryl methyl sites for hydroxylation is 1. The lowest BCUT2D eigenvalue weighted by atomic mass is 9.94. The van der Waals surface area contributed by atoms with Gasteiger partial charge < -0.3 is 15.0 Å². The minimum atomic E-state index is -0.490. The van der Waals surface area contributed by atoms with Crippen molar-refractivity contribution in [2.24, 2.45) is 7.05 Å². The van der Waals surface area contributed by atoms with E-state index in [0.717, 1.165) is 44.5 Å². The van der Waals surface area contributed by atoms with Crippen LogP contribution in [-0.4, -0.2) is 38.6 Å². The molecule has 102 valence electrons. The van der Waals surface area contributed by atoms with Gasteiger partial charge in [-0.3, -0.25) is 0 Å². The molecule has 1 aromatic heterocycles. The Labute approximate surface area is 109 Å². The van der Waals surface area contributed by atoms with E-state index >= 15 is 0 Å². The van der Waals surface area contributed by atoms with Crippen molar-refractivity contribution < 1.29 is 5.11 Å². The normalized spacial score (nSPS) is 19.7. The topological polar surface area (TPSA) is 63.0 Å². The Balaban J connectivity index is 1.69. The zero-order valence-electron chi connectivity index (χ0n) is 11.2. The molecule has 1 saturated carbocycles. The van der Waals surface area contributed by atoms with Gasteiger partial charge in [-0.05, 0) is 12.8 Å². The smallest absolute Gasteiger partial charge is 0.133 e. The first-order chi connectivity index (χ1) is 8.70. The highest BCUT2D eigenvalue weighted by Gasteiger charge is 2.27. The van der Waals surface area contributed by atoms with Crippen molar-refractivity contribution in [3.8, 4) is 0 Å². The first kappa shape index (κ1) is 13.5. The van der Waals surface area contributed by atoms with Crippen molar-refractivity contribution in [1.29, 1.82) is 0 Å². The third-order valence-corrected chi connectivity index (χ3v) is 3.82. The molecule has 0 spiro atoms. The Morgan fingerprint density at radius 2 is 2.06 bits per heavy atom. The number of hydrogen-bond donors (Lipinski definition) is 2. The summed E-state index contributed by atoms with van der Waals surface area (Å²) in [5.41, 5.74) is -0.490. The molecule has 5 heteroatoms. The van der Waals surface area contributed by atoms with Crippen molar-refractivity contribution in [2.45, 2.75) is 50.5 Å². The van der Waals surface area contributed by atoms with Crippen LogP contribution in [0.4, 0.5) is 0 Å². The number of aromatic nitrogens is 3. The van der Waals surface area contributed by atoms with Gasteiger partial charge in [-0.25, -0.2) is 0 Å². The van der Waals surface area contributed by atoms with Crippen molar-refractivity contribution in [3.05, 3.63) is 12.2 Å². The Bertz CT molecular complexity index is 356. The fourth-order valence-corrected chi connectivity index (χ4v) is 2.62. The molecule has 0 unspecified atom stereocenters. The highest BCUT2D eigenvalue weighted by Crippen LogP contribution is 2.26. The van der Waals surface area contributed by atoms with Crippen LogP contribution in [0.2, 0.25) is 0 Å². The lowest BCUT2D eigenvalue weighted by Gasteiger charge is -2.26. The van der Waals surface area contributed by atoms with Crippen molar-refractivity contribution >= 4 is 0 Å². The first-order valence-electron chi connectivity index (χ1n) is 6.96. The minimum Gasteiger partial charge on any atom is -0.389 e. The molecule has 0 atom stereocenters. The Kier molecular flexibility index (Phi) is 4.72.